The lowest BCUT2D eigenvalue weighted by molar-refractivity contribution is 0.0620. The molecule has 2 N–H and O–H groups in total. The van der Waals surface area contributed by atoms with Gasteiger partial charge in [0.05, 0.1) is 0 Å². The number of piperazine rings is 1. The molecule has 0 saturated carbocycles. The number of likely N-dealkylation sites (N-methyl/N-ethyl adjacent to an activating group) is 1. The molecule has 1 saturated heterocycles. The molecule has 2 unspecified atom stereocenters. The van der Waals surface area contributed by atoms with E-state index < -0.39 is 0 Å². The van der Waals surface area contributed by atoms with Crippen molar-refractivity contribution in [3.63, 3.8) is 0 Å². The van der Waals surface area contributed by atoms with Crippen molar-refractivity contribution in [2.24, 2.45) is 5.73 Å². The van der Waals surface area contributed by atoms with E-state index in [1.54, 1.807) is 0 Å². The van der Waals surface area contributed by atoms with Crippen LogP contribution >= 0.6 is 0 Å². The number of nitrogens with zero attached hydrogens (tertiary/aromatic N) is 2. The van der Waals surface area contributed by atoms with E-state index in [0.717, 1.165) is 19.5 Å². The van der Waals surface area contributed by atoms with Crippen LogP contribution in [0.5, 0.6) is 0 Å². The lowest BCUT2D eigenvalue weighted by atomic mass is 10.0. The Hall–Kier alpha value is -0.900. The van der Waals surface area contributed by atoms with Gasteiger partial charge in [-0.15, -0.1) is 0 Å². The Morgan fingerprint density at radius 3 is 2.65 bits per heavy atom. The van der Waals surface area contributed by atoms with Gasteiger partial charge in [-0.05, 0) is 31.9 Å². The summed E-state index contributed by atoms with van der Waals surface area (Å²) in [5, 5.41) is 0. The Morgan fingerprint density at radius 2 is 2.00 bits per heavy atom. The van der Waals surface area contributed by atoms with Gasteiger partial charge in [-0.2, -0.15) is 0 Å². The molecule has 3 nitrogen and oxygen atoms in total. The highest BCUT2D eigenvalue weighted by atomic mass is 15.3. The first kappa shape index (κ1) is 15.5. The first-order valence-corrected chi connectivity index (χ1v) is 7.92. The van der Waals surface area contributed by atoms with E-state index in [0.29, 0.717) is 12.1 Å². The third kappa shape index (κ3) is 4.05. The number of hydrogen-bond donors (Lipinski definition) is 1. The Labute approximate surface area is 123 Å². The van der Waals surface area contributed by atoms with Crippen LogP contribution in [-0.4, -0.2) is 55.1 Å². The van der Waals surface area contributed by atoms with Crippen LogP contribution in [0.2, 0.25) is 0 Å². The smallest absolute Gasteiger partial charge is 0.0222 e. The summed E-state index contributed by atoms with van der Waals surface area (Å²) in [6.07, 6.45) is 3.52. The molecule has 3 heteroatoms. The van der Waals surface area contributed by atoms with Crippen molar-refractivity contribution in [3.8, 4) is 0 Å². The van der Waals surface area contributed by atoms with Crippen LogP contribution in [0.3, 0.4) is 0 Å². The quantitative estimate of drug-likeness (QED) is 0.861. The molecule has 0 bridgehead atoms. The molecule has 112 valence electrons. The molecule has 1 aromatic carbocycles. The van der Waals surface area contributed by atoms with Gasteiger partial charge >= 0.3 is 0 Å². The van der Waals surface area contributed by atoms with Gasteiger partial charge in [-0.1, -0.05) is 37.3 Å². The minimum absolute atomic E-state index is 0.526. The first-order chi connectivity index (χ1) is 9.74. The van der Waals surface area contributed by atoms with Gasteiger partial charge in [0.25, 0.3) is 0 Å². The Morgan fingerprint density at radius 1 is 1.25 bits per heavy atom. The van der Waals surface area contributed by atoms with Crippen molar-refractivity contribution < 1.29 is 0 Å². The Balaban J connectivity index is 1.88. The average Bonchev–Trinajstić information content (AvgIpc) is 2.50. The Kier molecular flexibility index (Phi) is 6.02. The fourth-order valence-corrected chi connectivity index (χ4v) is 3.17. The largest absolute Gasteiger partial charge is 0.329 e. The summed E-state index contributed by atoms with van der Waals surface area (Å²) in [4.78, 5) is 5.10. The Bertz CT molecular complexity index is 379. The molecule has 0 radical (unpaired) electrons. The van der Waals surface area contributed by atoms with Crippen molar-refractivity contribution in [2.45, 2.75) is 38.3 Å². The van der Waals surface area contributed by atoms with Gasteiger partial charge in [0.15, 0.2) is 0 Å². The molecule has 0 aromatic heterocycles. The fraction of sp³-hybridized carbons (Fsp3) is 0.647. The van der Waals surface area contributed by atoms with Crippen LogP contribution in [0.4, 0.5) is 0 Å². The summed E-state index contributed by atoms with van der Waals surface area (Å²) >= 11 is 0. The number of nitrogens with two attached hydrogens (primary N) is 1. The molecule has 2 atom stereocenters. The van der Waals surface area contributed by atoms with E-state index in [1.165, 1.54) is 31.5 Å². The van der Waals surface area contributed by atoms with E-state index in [1.807, 2.05) is 0 Å². The minimum atomic E-state index is 0.526. The van der Waals surface area contributed by atoms with Crippen molar-refractivity contribution in [3.05, 3.63) is 35.9 Å². The van der Waals surface area contributed by atoms with Crippen LogP contribution in [0, 0.1) is 0 Å². The van der Waals surface area contributed by atoms with Gasteiger partial charge in [0.1, 0.15) is 0 Å². The average molecular weight is 275 g/mol. The number of hydrogen-bond acceptors (Lipinski definition) is 3. The second-order valence-electron chi connectivity index (χ2n) is 5.95. The summed E-state index contributed by atoms with van der Waals surface area (Å²) < 4.78 is 0. The van der Waals surface area contributed by atoms with Crippen molar-refractivity contribution >= 4 is 0 Å². The second kappa shape index (κ2) is 7.77. The molecule has 1 aromatic rings. The molecular weight excluding hydrogens is 246 g/mol. The lowest BCUT2D eigenvalue weighted by Gasteiger charge is -2.42. The van der Waals surface area contributed by atoms with Crippen molar-refractivity contribution in [2.75, 3.05) is 33.2 Å². The highest BCUT2D eigenvalue weighted by Crippen LogP contribution is 2.16. The maximum absolute atomic E-state index is 6.03. The third-order valence-corrected chi connectivity index (χ3v) is 4.68. The lowest BCUT2D eigenvalue weighted by Crippen LogP contribution is -2.55. The van der Waals surface area contributed by atoms with E-state index in [-0.39, 0.29) is 0 Å². The highest BCUT2D eigenvalue weighted by molar-refractivity contribution is 5.14. The van der Waals surface area contributed by atoms with Crippen LogP contribution in [0.15, 0.2) is 30.3 Å². The molecular formula is C17H29N3. The van der Waals surface area contributed by atoms with Gasteiger partial charge in [0.2, 0.25) is 0 Å². The van der Waals surface area contributed by atoms with Crippen molar-refractivity contribution in [1.82, 2.24) is 9.80 Å². The van der Waals surface area contributed by atoms with E-state index in [4.69, 9.17) is 5.73 Å². The van der Waals surface area contributed by atoms with Gasteiger partial charge in [0, 0.05) is 38.3 Å². The summed E-state index contributed by atoms with van der Waals surface area (Å²) in [5.41, 5.74) is 7.46. The topological polar surface area (TPSA) is 32.5 Å². The van der Waals surface area contributed by atoms with Gasteiger partial charge in [-0.25, -0.2) is 0 Å². The third-order valence-electron chi connectivity index (χ3n) is 4.68. The zero-order valence-electron chi connectivity index (χ0n) is 13.0. The predicted molar refractivity (Wildman–Crippen MR) is 85.9 cm³/mol. The fourth-order valence-electron chi connectivity index (χ4n) is 3.17. The SMILES string of the molecule is CCC1CN(C(CN)CCc2ccccc2)CCN1C. The molecule has 1 fully saturated rings. The molecule has 1 aliphatic heterocycles. The zero-order valence-corrected chi connectivity index (χ0v) is 13.0. The number of benzene rings is 1. The molecule has 1 aliphatic rings. The second-order valence-corrected chi connectivity index (χ2v) is 5.95. The van der Waals surface area contributed by atoms with Gasteiger partial charge in [-0.3, -0.25) is 4.90 Å². The molecule has 0 spiro atoms. The summed E-state index contributed by atoms with van der Waals surface area (Å²) in [6.45, 7) is 6.55. The summed E-state index contributed by atoms with van der Waals surface area (Å²) in [7, 11) is 2.24. The molecule has 1 heterocycles. The van der Waals surface area contributed by atoms with E-state index >= 15 is 0 Å². The molecule has 0 amide bonds. The van der Waals surface area contributed by atoms with Crippen LogP contribution in [0.1, 0.15) is 25.3 Å². The summed E-state index contributed by atoms with van der Waals surface area (Å²) in [5.74, 6) is 0. The van der Waals surface area contributed by atoms with Crippen LogP contribution < -0.4 is 5.73 Å². The number of aryl methyl sites for hydroxylation is 1. The molecule has 20 heavy (non-hydrogen) atoms. The molecule has 2 rings (SSSR count). The zero-order chi connectivity index (χ0) is 14.4. The van der Waals surface area contributed by atoms with E-state index in [9.17, 15) is 0 Å². The first-order valence-electron chi connectivity index (χ1n) is 7.92. The van der Waals surface area contributed by atoms with Crippen molar-refractivity contribution in [1.29, 1.82) is 0 Å². The van der Waals surface area contributed by atoms with Gasteiger partial charge < -0.3 is 10.6 Å². The van der Waals surface area contributed by atoms with Crippen LogP contribution in [-0.2, 0) is 6.42 Å². The summed E-state index contributed by atoms with van der Waals surface area (Å²) in [6, 6.07) is 12.0. The monoisotopic (exact) mass is 275 g/mol. The number of rotatable bonds is 6. The maximum Gasteiger partial charge on any atom is 0.0222 e. The molecule has 0 aliphatic carbocycles. The predicted octanol–water partition coefficient (Wildman–Crippen LogP) is 1.97. The normalized spacial score (nSPS) is 22.9. The standard InChI is InChI=1S/C17H29N3/c1-3-16-14-20(12-11-19(16)2)17(13-18)10-9-15-7-5-4-6-8-15/h4-8,16-17H,3,9-14,18H2,1-2H3. The van der Waals surface area contributed by atoms with Crippen LogP contribution in [0.25, 0.3) is 0 Å². The maximum atomic E-state index is 6.03. The highest BCUT2D eigenvalue weighted by Gasteiger charge is 2.26. The van der Waals surface area contributed by atoms with E-state index in [2.05, 4.69) is 54.1 Å². The minimum Gasteiger partial charge on any atom is -0.329 e.